The van der Waals surface area contributed by atoms with Crippen LogP contribution in [0, 0.1) is 0 Å². The van der Waals surface area contributed by atoms with Gasteiger partial charge in [0, 0.05) is 24.6 Å². The number of allylic oxidation sites excluding steroid dienone is 1. The molecule has 4 atom stereocenters. The van der Waals surface area contributed by atoms with Crippen molar-refractivity contribution in [1.82, 2.24) is 4.57 Å². The van der Waals surface area contributed by atoms with Crippen LogP contribution in [0.3, 0.4) is 0 Å². The molecule has 3 aromatic carbocycles. The highest BCUT2D eigenvalue weighted by Crippen LogP contribution is 2.40. The van der Waals surface area contributed by atoms with Crippen molar-refractivity contribution in [2.75, 3.05) is 7.05 Å². The van der Waals surface area contributed by atoms with Crippen LogP contribution in [0.1, 0.15) is 70.3 Å². The normalized spacial score (nSPS) is 19.8. The van der Waals surface area contributed by atoms with Crippen molar-refractivity contribution in [2.45, 2.75) is 90.7 Å². The van der Waals surface area contributed by atoms with E-state index in [1.165, 1.54) is 16.7 Å². The molecular weight excluding hydrogens is 563 g/mol. The SMILES string of the molecule is C.C=CC[C@H](O)CCc1ccccc1.C=CC[Si]1(OC(C)C)O[C@@H](c2ccccc2)[C@H](C)N1C.O=CCCc1ccccc1. The van der Waals surface area contributed by atoms with Gasteiger partial charge in [-0.05, 0) is 70.2 Å². The molecule has 0 amide bonds. The second-order valence-corrected chi connectivity index (χ2v) is 14.1. The molecule has 0 bridgehead atoms. The number of carbonyl (C=O) groups is 1. The molecule has 0 aromatic heterocycles. The lowest BCUT2D eigenvalue weighted by molar-refractivity contribution is -0.107. The molecule has 1 aliphatic heterocycles. The second kappa shape index (κ2) is 21.5. The Bertz CT molecular complexity index is 1180. The van der Waals surface area contributed by atoms with Gasteiger partial charge in [-0.25, -0.2) is 0 Å². The number of benzene rings is 3. The average molecular weight is 618 g/mol. The summed E-state index contributed by atoms with van der Waals surface area (Å²) in [7, 11) is -0.276. The van der Waals surface area contributed by atoms with E-state index in [1.54, 1.807) is 6.08 Å². The Morgan fingerprint density at radius 1 is 0.909 bits per heavy atom. The average Bonchev–Trinajstić information content (AvgIpc) is 3.26. The fourth-order valence-electron chi connectivity index (χ4n) is 4.94. The van der Waals surface area contributed by atoms with Gasteiger partial charge in [0.1, 0.15) is 6.29 Å². The number of aryl methyl sites for hydroxylation is 2. The van der Waals surface area contributed by atoms with E-state index in [9.17, 15) is 9.90 Å². The summed E-state index contributed by atoms with van der Waals surface area (Å²) in [6.45, 7) is 13.8. The van der Waals surface area contributed by atoms with E-state index >= 15 is 0 Å². The minimum Gasteiger partial charge on any atom is -0.393 e. The van der Waals surface area contributed by atoms with Crippen molar-refractivity contribution in [2.24, 2.45) is 0 Å². The molecule has 0 radical (unpaired) electrons. The maximum absolute atomic E-state index is 9.98. The first-order valence-corrected chi connectivity index (χ1v) is 17.3. The maximum atomic E-state index is 9.98. The zero-order valence-corrected chi connectivity index (χ0v) is 27.5. The highest BCUT2D eigenvalue weighted by molar-refractivity contribution is 6.65. The van der Waals surface area contributed by atoms with Gasteiger partial charge in [0.15, 0.2) is 0 Å². The third-order valence-electron chi connectivity index (χ3n) is 7.29. The number of carbonyl (C=O) groups excluding carboxylic acids is 1. The van der Waals surface area contributed by atoms with Crippen LogP contribution < -0.4 is 0 Å². The summed E-state index contributed by atoms with van der Waals surface area (Å²) in [4.78, 5) is 9.98. The molecule has 0 aliphatic carbocycles. The molecule has 1 saturated heterocycles. The highest BCUT2D eigenvalue weighted by Gasteiger charge is 2.54. The Balaban J connectivity index is 0.000000349. The predicted molar refractivity (Wildman–Crippen MR) is 188 cm³/mol. The van der Waals surface area contributed by atoms with Gasteiger partial charge in [-0.15, -0.1) is 13.2 Å². The summed E-state index contributed by atoms with van der Waals surface area (Å²) in [5.41, 5.74) is 3.73. The van der Waals surface area contributed by atoms with Crippen molar-refractivity contribution < 1.29 is 18.8 Å². The minimum absolute atomic E-state index is 0. The first kappa shape index (κ1) is 38.9. The van der Waals surface area contributed by atoms with E-state index < -0.39 is 8.72 Å². The zero-order chi connectivity index (χ0) is 31.5. The van der Waals surface area contributed by atoms with Crippen molar-refractivity contribution in [3.8, 4) is 0 Å². The molecule has 44 heavy (non-hydrogen) atoms. The maximum Gasteiger partial charge on any atom is 0.432 e. The van der Waals surface area contributed by atoms with Crippen LogP contribution in [0.15, 0.2) is 116 Å². The van der Waals surface area contributed by atoms with Gasteiger partial charge in [-0.2, -0.15) is 0 Å². The molecular formula is C38H55NO4Si. The lowest BCUT2D eigenvalue weighted by atomic mass is 10.0. The molecule has 1 unspecified atom stereocenters. The molecule has 240 valence electrons. The van der Waals surface area contributed by atoms with Crippen LogP contribution in [-0.4, -0.2) is 50.0 Å². The first-order chi connectivity index (χ1) is 20.8. The Kier molecular flexibility index (Phi) is 19.0. The quantitative estimate of drug-likeness (QED) is 0.118. The van der Waals surface area contributed by atoms with E-state index in [0.717, 1.165) is 31.6 Å². The summed E-state index contributed by atoms with van der Waals surface area (Å²) < 4.78 is 15.0. The summed E-state index contributed by atoms with van der Waals surface area (Å²) >= 11 is 0. The van der Waals surface area contributed by atoms with E-state index in [-0.39, 0.29) is 25.7 Å². The van der Waals surface area contributed by atoms with Gasteiger partial charge in [0.05, 0.1) is 12.2 Å². The van der Waals surface area contributed by atoms with E-state index in [4.69, 9.17) is 8.85 Å². The Morgan fingerprint density at radius 3 is 1.91 bits per heavy atom. The molecule has 3 aromatic rings. The molecule has 4 rings (SSSR count). The molecule has 1 fully saturated rings. The van der Waals surface area contributed by atoms with Crippen LogP contribution in [0.2, 0.25) is 6.04 Å². The van der Waals surface area contributed by atoms with Crippen molar-refractivity contribution in [3.05, 3.63) is 133 Å². The summed E-state index contributed by atoms with van der Waals surface area (Å²) in [6.07, 6.45) is 8.57. The van der Waals surface area contributed by atoms with Crippen molar-refractivity contribution >= 4 is 15.0 Å². The summed E-state index contributed by atoms with van der Waals surface area (Å²) in [5.74, 6) is 0. The summed E-state index contributed by atoms with van der Waals surface area (Å²) in [5, 5.41) is 9.44. The van der Waals surface area contributed by atoms with Gasteiger partial charge in [-0.1, -0.05) is 111 Å². The van der Waals surface area contributed by atoms with E-state index in [2.05, 4.69) is 81.9 Å². The van der Waals surface area contributed by atoms with E-state index in [0.29, 0.717) is 18.9 Å². The number of aliphatic hydroxyl groups excluding tert-OH is 1. The number of aliphatic hydroxyl groups is 1. The van der Waals surface area contributed by atoms with Gasteiger partial charge in [0.2, 0.25) is 0 Å². The van der Waals surface area contributed by atoms with Gasteiger partial charge in [-0.3, -0.25) is 4.57 Å². The minimum atomic E-state index is -2.39. The fraction of sp³-hybridized carbons (Fsp3) is 0.395. The molecule has 1 N–H and O–H groups in total. The van der Waals surface area contributed by atoms with Gasteiger partial charge in [0.25, 0.3) is 0 Å². The molecule has 0 saturated carbocycles. The van der Waals surface area contributed by atoms with Crippen LogP contribution >= 0.6 is 0 Å². The van der Waals surface area contributed by atoms with Crippen molar-refractivity contribution in [3.63, 3.8) is 0 Å². The monoisotopic (exact) mass is 617 g/mol. The lowest BCUT2D eigenvalue weighted by Crippen LogP contribution is -2.54. The largest absolute Gasteiger partial charge is 0.432 e. The van der Waals surface area contributed by atoms with E-state index in [1.807, 2.05) is 60.7 Å². The lowest BCUT2D eigenvalue weighted by Gasteiger charge is -2.32. The highest BCUT2D eigenvalue weighted by atomic mass is 28.4. The Hall–Kier alpha value is -3.13. The zero-order valence-electron chi connectivity index (χ0n) is 26.5. The molecule has 1 heterocycles. The smallest absolute Gasteiger partial charge is 0.393 e. The van der Waals surface area contributed by atoms with Crippen LogP contribution in [-0.2, 0) is 26.5 Å². The molecule has 6 heteroatoms. The number of nitrogens with zero attached hydrogens (tertiary/aromatic N) is 1. The molecule has 0 spiro atoms. The van der Waals surface area contributed by atoms with Crippen LogP contribution in [0.25, 0.3) is 0 Å². The predicted octanol–water partition coefficient (Wildman–Crippen LogP) is 8.64. The number of aldehydes is 1. The van der Waals surface area contributed by atoms with Gasteiger partial charge >= 0.3 is 8.72 Å². The van der Waals surface area contributed by atoms with Crippen molar-refractivity contribution in [1.29, 1.82) is 0 Å². The Morgan fingerprint density at radius 2 is 1.43 bits per heavy atom. The second-order valence-electron chi connectivity index (χ2n) is 11.1. The van der Waals surface area contributed by atoms with Crippen LogP contribution in [0.4, 0.5) is 0 Å². The first-order valence-electron chi connectivity index (χ1n) is 15.3. The third-order valence-corrected chi connectivity index (χ3v) is 11.0. The molecule has 5 nitrogen and oxygen atoms in total. The fourth-order valence-corrected chi connectivity index (χ4v) is 8.40. The van der Waals surface area contributed by atoms with Gasteiger partial charge < -0.3 is 18.8 Å². The number of likely N-dealkylation sites (N-methyl/N-ethyl adjacent to an activating group) is 1. The molecule has 1 aliphatic rings. The number of hydrogen-bond acceptors (Lipinski definition) is 5. The third kappa shape index (κ3) is 13.2. The number of hydrogen-bond donors (Lipinski definition) is 1. The number of rotatable bonds is 13. The topological polar surface area (TPSA) is 59.0 Å². The standard InChI is InChI=1S/C16H25NO2Si.C12H16O.C9H10O.CH4/c1-6-12-20(18-13(2)3)17(5)14(4)16(19-20)15-10-8-7-9-11-15;1-2-6-12(13)10-9-11-7-4-3-5-8-11;10-8-4-7-9-5-2-1-3-6-9;/h6-11,13-14,16H,1,12H2,2-5H3;2-5,7-8,12-13H,1,6,9-10H2;1-3,5-6,8H,4,7H2;1H4/t14-,16+,20?;12-;;/m00../s1. The Labute approximate surface area is 268 Å². The summed E-state index contributed by atoms with van der Waals surface area (Å²) in [6, 6.07) is 31.7. The van der Waals surface area contributed by atoms with Crippen LogP contribution in [0.5, 0.6) is 0 Å².